The van der Waals surface area contributed by atoms with Crippen LogP contribution in [0.3, 0.4) is 0 Å². The zero-order valence-electron chi connectivity index (χ0n) is 14.7. The monoisotopic (exact) mass is 360 g/mol. The SMILES string of the molecule is FC(F)(F)c1cccc(N2CCN([C@H]3CCc4ccccc4C3)CC2)c1. The van der Waals surface area contributed by atoms with Crippen LogP contribution in [0.1, 0.15) is 23.1 Å². The van der Waals surface area contributed by atoms with Crippen molar-refractivity contribution in [3.05, 3.63) is 65.2 Å². The predicted octanol–water partition coefficient (Wildman–Crippen LogP) is 4.38. The summed E-state index contributed by atoms with van der Waals surface area (Å²) < 4.78 is 38.8. The van der Waals surface area contributed by atoms with Crippen LogP contribution in [0.4, 0.5) is 18.9 Å². The number of halogens is 3. The Morgan fingerprint density at radius 3 is 2.31 bits per heavy atom. The molecule has 1 fully saturated rings. The predicted molar refractivity (Wildman–Crippen MR) is 97.5 cm³/mol. The van der Waals surface area contributed by atoms with Gasteiger partial charge in [0.1, 0.15) is 0 Å². The van der Waals surface area contributed by atoms with Gasteiger partial charge in [-0.3, -0.25) is 4.90 Å². The van der Waals surface area contributed by atoms with Crippen LogP contribution in [0.15, 0.2) is 48.5 Å². The van der Waals surface area contributed by atoms with Gasteiger partial charge in [-0.1, -0.05) is 30.3 Å². The van der Waals surface area contributed by atoms with Gasteiger partial charge in [0.2, 0.25) is 0 Å². The summed E-state index contributed by atoms with van der Waals surface area (Å²) in [6.45, 7) is 3.37. The molecule has 0 amide bonds. The standard InChI is InChI=1S/C21H23F3N2/c22-21(23,24)18-6-3-7-19(15-18)25-10-12-26(13-11-25)20-9-8-16-4-1-2-5-17(16)14-20/h1-7,15,20H,8-14H2/t20-/m0/s1. The molecular formula is C21H23F3N2. The Balaban J connectivity index is 1.39. The quantitative estimate of drug-likeness (QED) is 0.784. The topological polar surface area (TPSA) is 6.48 Å². The van der Waals surface area contributed by atoms with Gasteiger partial charge in [0.25, 0.3) is 0 Å². The highest BCUT2D eigenvalue weighted by Crippen LogP contribution is 2.32. The summed E-state index contributed by atoms with van der Waals surface area (Å²) in [5.41, 5.74) is 3.02. The van der Waals surface area contributed by atoms with Crippen LogP contribution in [0.5, 0.6) is 0 Å². The maximum absolute atomic E-state index is 12.9. The molecule has 2 aliphatic rings. The number of aryl methyl sites for hydroxylation is 1. The van der Waals surface area contributed by atoms with Crippen LogP contribution >= 0.6 is 0 Å². The zero-order valence-corrected chi connectivity index (χ0v) is 14.7. The third-order valence-electron chi connectivity index (χ3n) is 5.69. The molecule has 1 saturated heterocycles. The summed E-state index contributed by atoms with van der Waals surface area (Å²) >= 11 is 0. The number of benzene rings is 2. The second kappa shape index (κ2) is 6.95. The molecule has 1 aliphatic carbocycles. The summed E-state index contributed by atoms with van der Waals surface area (Å²) in [7, 11) is 0. The molecule has 2 nitrogen and oxygen atoms in total. The van der Waals surface area contributed by atoms with Crippen molar-refractivity contribution >= 4 is 5.69 Å². The lowest BCUT2D eigenvalue weighted by Crippen LogP contribution is -2.51. The van der Waals surface area contributed by atoms with Crippen molar-refractivity contribution in [2.24, 2.45) is 0 Å². The van der Waals surface area contributed by atoms with Crippen molar-refractivity contribution in [1.29, 1.82) is 0 Å². The number of anilines is 1. The lowest BCUT2D eigenvalue weighted by atomic mass is 9.87. The highest BCUT2D eigenvalue weighted by atomic mass is 19.4. The molecule has 0 bridgehead atoms. The van der Waals surface area contributed by atoms with Gasteiger partial charge in [-0.15, -0.1) is 0 Å². The molecule has 1 atom stereocenters. The van der Waals surface area contributed by atoms with E-state index in [1.807, 2.05) is 0 Å². The zero-order chi connectivity index (χ0) is 18.1. The van der Waals surface area contributed by atoms with Crippen molar-refractivity contribution < 1.29 is 13.2 Å². The fourth-order valence-corrected chi connectivity index (χ4v) is 4.21. The molecule has 138 valence electrons. The fraction of sp³-hybridized carbons (Fsp3) is 0.429. The molecule has 0 radical (unpaired) electrons. The van der Waals surface area contributed by atoms with Gasteiger partial charge >= 0.3 is 6.18 Å². The molecule has 1 aliphatic heterocycles. The molecule has 26 heavy (non-hydrogen) atoms. The van der Waals surface area contributed by atoms with Gasteiger partial charge < -0.3 is 4.90 Å². The Kier molecular flexibility index (Phi) is 4.65. The second-order valence-corrected chi connectivity index (χ2v) is 7.24. The molecule has 0 spiro atoms. The van der Waals surface area contributed by atoms with E-state index in [2.05, 4.69) is 34.1 Å². The van der Waals surface area contributed by atoms with Crippen molar-refractivity contribution in [2.45, 2.75) is 31.5 Å². The van der Waals surface area contributed by atoms with Gasteiger partial charge in [-0.2, -0.15) is 13.2 Å². The van der Waals surface area contributed by atoms with Crippen LogP contribution in [0.2, 0.25) is 0 Å². The van der Waals surface area contributed by atoms with E-state index in [1.54, 1.807) is 6.07 Å². The van der Waals surface area contributed by atoms with Crippen molar-refractivity contribution in [1.82, 2.24) is 4.90 Å². The summed E-state index contributed by atoms with van der Waals surface area (Å²) in [5, 5.41) is 0. The number of alkyl halides is 3. The third kappa shape index (κ3) is 3.58. The van der Waals surface area contributed by atoms with E-state index in [4.69, 9.17) is 0 Å². The Labute approximate surface area is 152 Å². The number of hydrogen-bond acceptors (Lipinski definition) is 2. The highest BCUT2D eigenvalue weighted by Gasteiger charge is 2.32. The van der Waals surface area contributed by atoms with Gasteiger partial charge in [-0.25, -0.2) is 0 Å². The third-order valence-corrected chi connectivity index (χ3v) is 5.69. The first-order valence-corrected chi connectivity index (χ1v) is 9.24. The number of rotatable bonds is 2. The first-order valence-electron chi connectivity index (χ1n) is 9.24. The molecule has 0 saturated carbocycles. The number of fused-ring (bicyclic) bond motifs is 1. The van der Waals surface area contributed by atoms with E-state index in [0.717, 1.165) is 45.1 Å². The lowest BCUT2D eigenvalue weighted by molar-refractivity contribution is -0.137. The molecule has 5 heteroatoms. The summed E-state index contributed by atoms with van der Waals surface area (Å²) in [6.07, 6.45) is -0.914. The number of piperazine rings is 1. The minimum absolute atomic E-state index is 0.550. The molecule has 2 aromatic carbocycles. The van der Waals surface area contributed by atoms with Gasteiger partial charge in [0.15, 0.2) is 0 Å². The van der Waals surface area contributed by atoms with Gasteiger partial charge in [-0.05, 0) is 48.6 Å². The summed E-state index contributed by atoms with van der Waals surface area (Å²) in [6, 6.07) is 14.9. The molecule has 2 aromatic rings. The van der Waals surface area contributed by atoms with E-state index in [9.17, 15) is 13.2 Å². The number of hydrogen-bond donors (Lipinski definition) is 0. The van der Waals surface area contributed by atoms with Gasteiger partial charge in [0.05, 0.1) is 5.56 Å². The fourth-order valence-electron chi connectivity index (χ4n) is 4.21. The van der Waals surface area contributed by atoms with Crippen LogP contribution in [-0.4, -0.2) is 37.1 Å². The first kappa shape index (κ1) is 17.4. The Hall–Kier alpha value is -2.01. The molecule has 0 aromatic heterocycles. The van der Waals surface area contributed by atoms with E-state index in [-0.39, 0.29) is 0 Å². The maximum Gasteiger partial charge on any atom is 0.416 e. The van der Waals surface area contributed by atoms with Crippen molar-refractivity contribution in [3.63, 3.8) is 0 Å². The molecule has 4 rings (SSSR count). The smallest absolute Gasteiger partial charge is 0.369 e. The Bertz CT molecular complexity index is 764. The van der Waals surface area contributed by atoms with Crippen molar-refractivity contribution in [3.8, 4) is 0 Å². The first-order chi connectivity index (χ1) is 12.5. The molecular weight excluding hydrogens is 337 g/mol. The number of nitrogens with zero attached hydrogens (tertiary/aromatic N) is 2. The van der Waals surface area contributed by atoms with E-state index in [1.165, 1.54) is 29.7 Å². The Morgan fingerprint density at radius 1 is 0.846 bits per heavy atom. The van der Waals surface area contributed by atoms with Crippen LogP contribution in [0, 0.1) is 0 Å². The van der Waals surface area contributed by atoms with Crippen LogP contribution in [-0.2, 0) is 19.0 Å². The van der Waals surface area contributed by atoms with Crippen molar-refractivity contribution in [2.75, 3.05) is 31.1 Å². The Morgan fingerprint density at radius 2 is 1.58 bits per heavy atom. The largest absolute Gasteiger partial charge is 0.416 e. The van der Waals surface area contributed by atoms with E-state index < -0.39 is 11.7 Å². The molecule has 0 N–H and O–H groups in total. The van der Waals surface area contributed by atoms with Crippen LogP contribution < -0.4 is 4.90 Å². The lowest BCUT2D eigenvalue weighted by Gasteiger charge is -2.42. The van der Waals surface area contributed by atoms with Gasteiger partial charge in [0, 0.05) is 37.9 Å². The minimum Gasteiger partial charge on any atom is -0.369 e. The van der Waals surface area contributed by atoms with E-state index >= 15 is 0 Å². The second-order valence-electron chi connectivity index (χ2n) is 7.24. The van der Waals surface area contributed by atoms with Crippen LogP contribution in [0.25, 0.3) is 0 Å². The average molecular weight is 360 g/mol. The maximum atomic E-state index is 12.9. The van der Waals surface area contributed by atoms with E-state index in [0.29, 0.717) is 11.7 Å². The molecule has 0 unspecified atom stereocenters. The molecule has 1 heterocycles. The summed E-state index contributed by atoms with van der Waals surface area (Å²) in [5.74, 6) is 0. The minimum atomic E-state index is -4.28. The average Bonchev–Trinajstić information content (AvgIpc) is 2.67. The summed E-state index contributed by atoms with van der Waals surface area (Å²) in [4.78, 5) is 4.59. The normalized spacial score (nSPS) is 21.5. The highest BCUT2D eigenvalue weighted by molar-refractivity contribution is 5.49.